The molecule has 0 fully saturated rings. The van der Waals surface area contributed by atoms with Crippen LogP contribution in [0.4, 0.5) is 0 Å². The van der Waals surface area contributed by atoms with E-state index in [4.69, 9.17) is 24.7 Å². The van der Waals surface area contributed by atoms with Gasteiger partial charge in [-0.05, 0) is 133 Å². The van der Waals surface area contributed by atoms with Crippen LogP contribution in [0.2, 0.25) is 0 Å². The van der Waals surface area contributed by atoms with Gasteiger partial charge in [0.15, 0.2) is 0 Å². The van der Waals surface area contributed by atoms with Crippen molar-refractivity contribution in [3.8, 4) is 0 Å². The summed E-state index contributed by atoms with van der Waals surface area (Å²) in [6.45, 7) is 23.2. The summed E-state index contributed by atoms with van der Waals surface area (Å²) in [6.07, 6.45) is 13.8. The number of fused-ring (bicyclic) bond motifs is 8. The number of esters is 1. The summed E-state index contributed by atoms with van der Waals surface area (Å²) in [5.74, 6) is -0.176. The van der Waals surface area contributed by atoms with Crippen molar-refractivity contribution in [2.24, 2.45) is 5.92 Å². The number of hydrogen-bond donors (Lipinski definition) is 1. The van der Waals surface area contributed by atoms with Gasteiger partial charge in [-0.2, -0.15) is 0 Å². The molecule has 8 bridgehead atoms. The van der Waals surface area contributed by atoms with Gasteiger partial charge in [-0.15, -0.1) is 27.8 Å². The molecule has 9 heteroatoms. The van der Waals surface area contributed by atoms with E-state index in [1.54, 1.807) is 13.0 Å². The van der Waals surface area contributed by atoms with Crippen molar-refractivity contribution in [1.29, 1.82) is 0 Å². The van der Waals surface area contributed by atoms with Gasteiger partial charge in [0.1, 0.15) is 6.61 Å². The van der Waals surface area contributed by atoms with Crippen LogP contribution >= 0.6 is 0 Å². The van der Waals surface area contributed by atoms with Crippen LogP contribution in [0.1, 0.15) is 183 Å². The molecule has 0 saturated carbocycles. The third kappa shape index (κ3) is 10.3. The Hall–Kier alpha value is -4.18. The number of ether oxygens (including phenoxy) is 1. The zero-order valence-electron chi connectivity index (χ0n) is 37.9. The number of carbonyl (C=O) groups excluding carboxylic acids is 1. The second-order valence-corrected chi connectivity index (χ2v) is 17.6. The first-order valence-corrected chi connectivity index (χ1v) is 21.6. The van der Waals surface area contributed by atoms with E-state index < -0.39 is 6.10 Å². The van der Waals surface area contributed by atoms with Gasteiger partial charge >= 0.3 is 29.0 Å². The fraction of sp³-hybridized carbons (Fsp3) is 0.471. The average Bonchev–Trinajstić information content (AvgIpc) is 3.93. The van der Waals surface area contributed by atoms with Gasteiger partial charge in [0, 0.05) is 24.0 Å². The monoisotopic (exact) mass is 819 g/mol. The van der Waals surface area contributed by atoms with Crippen LogP contribution in [-0.4, -0.2) is 50.7 Å². The number of aromatic nitrogens is 4. The van der Waals surface area contributed by atoms with Crippen LogP contribution in [0, 0.1) is 12.8 Å². The molecular formula is C51H63MgN4O4-. The van der Waals surface area contributed by atoms with Crippen LogP contribution in [0.3, 0.4) is 0 Å². The van der Waals surface area contributed by atoms with Crippen molar-refractivity contribution in [3.05, 3.63) is 104 Å². The predicted molar refractivity (Wildman–Crippen MR) is 246 cm³/mol. The van der Waals surface area contributed by atoms with Gasteiger partial charge in [0.05, 0.1) is 23.2 Å². The molecule has 0 aromatic carbocycles. The minimum Gasteiger partial charge on any atom is -0.872 e. The zero-order valence-corrected chi connectivity index (χ0v) is 39.3. The van der Waals surface area contributed by atoms with E-state index in [1.807, 2.05) is 31.2 Å². The molecule has 1 N–H and O–H groups in total. The van der Waals surface area contributed by atoms with Gasteiger partial charge in [-0.3, -0.25) is 9.78 Å². The largest absolute Gasteiger partial charge is 2.00 e. The second kappa shape index (κ2) is 20.1. The van der Waals surface area contributed by atoms with Gasteiger partial charge < -0.3 is 24.9 Å². The molecule has 0 spiro atoms. The maximum absolute atomic E-state index is 13.9. The minimum atomic E-state index is -0.743. The van der Waals surface area contributed by atoms with E-state index in [0.717, 1.165) is 99.3 Å². The van der Waals surface area contributed by atoms with Crippen LogP contribution in [0.15, 0.2) is 53.1 Å². The summed E-state index contributed by atoms with van der Waals surface area (Å²) < 4.78 is 5.73. The number of nitrogens with zero attached hydrogens (tertiary/aromatic N) is 4. The standard InChI is InChI=1S/C51H64N4O4.Mg/c1-12-36-43-27-44-38(23-29(4)5)33(9)40(52-44)26-45-48(35(11)56)34(10)42(53-45)25-41-32(8)37(50(54-41)39-24-46(57)49(36)51(39)55-43)19-20-47(58)59-22-21-31(7)18-14-17-30(6)16-13-15-28(2)3;/h15,17,21,24-27,29,32,35,37,56H,12-14,16,18-20,22-23H2,1-11H3,(H-2,52,53,54,55,57);/q-2;+2/p-1/b30-17+,31-21+;/t32-,35?,37-;/m0./s1. The molecular weight excluding hydrogens is 757 g/mol. The number of aliphatic hydroxyl groups excluding tert-OH is 1. The third-order valence-electron chi connectivity index (χ3n) is 12.2. The smallest absolute Gasteiger partial charge is 0.872 e. The number of allylic oxidation sites excluding steroid dienone is 7. The summed E-state index contributed by atoms with van der Waals surface area (Å²) >= 11 is 0. The van der Waals surface area contributed by atoms with Crippen LogP contribution in [-0.2, 0) is 16.0 Å². The number of hydrogen-bond acceptors (Lipinski definition) is 6. The molecule has 1 aliphatic carbocycles. The average molecular weight is 820 g/mol. The fourth-order valence-electron chi connectivity index (χ4n) is 8.79. The van der Waals surface area contributed by atoms with E-state index in [1.165, 1.54) is 16.7 Å². The molecule has 6 rings (SSSR count). The molecule has 314 valence electrons. The Labute approximate surface area is 373 Å². The predicted octanol–water partition coefficient (Wildman–Crippen LogP) is 10.9. The minimum absolute atomic E-state index is 0. The van der Waals surface area contributed by atoms with Crippen molar-refractivity contribution >= 4 is 74.1 Å². The molecule has 0 saturated heterocycles. The van der Waals surface area contributed by atoms with E-state index in [0.29, 0.717) is 35.4 Å². The SMILES string of the molecule is CCc1c2c3[n-]c1cc1nc(cc4[n-]c(cc5nc(c3C=C2[O-])[C@@H](CCC(=O)OC/C=C(\C)CC/C=C(\C)CCC=C(C)C)[C@@H]5C)c(C)c4C(C)O)C(C)=C1CC(C)C.[Mg+2]. The Morgan fingerprint density at radius 3 is 2.27 bits per heavy atom. The number of rotatable bonds is 15. The van der Waals surface area contributed by atoms with E-state index in [9.17, 15) is 15.0 Å². The van der Waals surface area contributed by atoms with E-state index >= 15 is 0 Å². The van der Waals surface area contributed by atoms with Gasteiger partial charge in [0.25, 0.3) is 0 Å². The van der Waals surface area contributed by atoms with E-state index in [2.05, 4.69) is 74.5 Å². The number of aliphatic hydroxyl groups is 1. The molecule has 3 aliphatic rings. The Bertz CT molecular complexity index is 2430. The van der Waals surface area contributed by atoms with Gasteiger partial charge in [0.2, 0.25) is 0 Å². The maximum atomic E-state index is 13.9. The quantitative estimate of drug-likeness (QED) is 0.0913. The van der Waals surface area contributed by atoms with E-state index in [-0.39, 0.29) is 59.6 Å². The molecule has 2 aliphatic heterocycles. The van der Waals surface area contributed by atoms with Crippen LogP contribution in [0.25, 0.3) is 45.0 Å². The Kier molecular flexibility index (Phi) is 15.7. The molecule has 60 heavy (non-hydrogen) atoms. The molecule has 5 heterocycles. The number of aryl methyl sites for hydroxylation is 2. The molecule has 0 radical (unpaired) electrons. The van der Waals surface area contributed by atoms with Crippen molar-refractivity contribution in [2.45, 2.75) is 145 Å². The van der Waals surface area contributed by atoms with Crippen molar-refractivity contribution in [2.75, 3.05) is 6.61 Å². The van der Waals surface area contributed by atoms with Crippen molar-refractivity contribution < 1.29 is 19.7 Å². The van der Waals surface area contributed by atoms with Crippen LogP contribution in [0.5, 0.6) is 0 Å². The zero-order chi connectivity index (χ0) is 42.7. The third-order valence-corrected chi connectivity index (χ3v) is 12.2. The molecule has 3 aromatic rings. The normalized spacial score (nSPS) is 16.9. The van der Waals surface area contributed by atoms with Gasteiger partial charge in [-0.1, -0.05) is 92.0 Å². The van der Waals surface area contributed by atoms with Crippen molar-refractivity contribution in [3.63, 3.8) is 0 Å². The summed E-state index contributed by atoms with van der Waals surface area (Å²) in [5.41, 5.74) is 16.2. The Balaban J connectivity index is 0.00000683. The topological polar surface area (TPSA) is 124 Å². The summed E-state index contributed by atoms with van der Waals surface area (Å²) in [6, 6.07) is 6.04. The Morgan fingerprint density at radius 1 is 0.917 bits per heavy atom. The molecule has 1 unspecified atom stereocenters. The summed E-state index contributed by atoms with van der Waals surface area (Å²) in [5, 5.41) is 24.9. The number of carbonyl (C=O) groups is 1. The summed E-state index contributed by atoms with van der Waals surface area (Å²) in [7, 11) is 0. The first-order valence-electron chi connectivity index (χ1n) is 21.6. The first-order chi connectivity index (χ1) is 28.1. The van der Waals surface area contributed by atoms with Crippen molar-refractivity contribution in [1.82, 2.24) is 19.9 Å². The molecule has 0 amide bonds. The Morgan fingerprint density at radius 2 is 1.60 bits per heavy atom. The second-order valence-electron chi connectivity index (χ2n) is 17.6. The van der Waals surface area contributed by atoms with Gasteiger partial charge in [-0.25, -0.2) is 4.98 Å². The maximum Gasteiger partial charge on any atom is 2.00 e. The molecule has 3 atom stereocenters. The fourth-order valence-corrected chi connectivity index (χ4v) is 8.79. The molecule has 8 nitrogen and oxygen atoms in total. The first kappa shape index (κ1) is 46.9. The summed E-state index contributed by atoms with van der Waals surface area (Å²) in [4.78, 5) is 33.9. The molecule has 3 aromatic heterocycles. The van der Waals surface area contributed by atoms with Crippen LogP contribution < -0.4 is 15.1 Å².